The predicted octanol–water partition coefficient (Wildman–Crippen LogP) is 5.31. The van der Waals surface area contributed by atoms with E-state index in [4.69, 9.17) is 5.10 Å². The van der Waals surface area contributed by atoms with Crippen LogP contribution in [0.2, 0.25) is 0 Å². The standard InChI is InChI=1S/C31H36N6O2/c1-30-13-7-23(34-36-28(38)20-9-15-32-16-10-20)19-22(30)3-4-24-25-5-6-27(31(25,2)14-8-26(24)30)35-37-29(39)21-11-17-33-18-12-21/h9-12,15-19,24-26H,3-8,13-14H2,1-2H3,(H,36,38)(H,37,39)/b34-23+,35-27+/t24-,25-,26+,30-,31-/m0/s1. The second-order valence-corrected chi connectivity index (χ2v) is 12.0. The van der Waals surface area contributed by atoms with E-state index in [2.05, 4.69) is 45.8 Å². The molecular formula is C31H36N6O2. The Bertz CT molecular complexity index is 1350. The summed E-state index contributed by atoms with van der Waals surface area (Å²) in [4.78, 5) is 33.0. The molecule has 6 rings (SSSR count). The van der Waals surface area contributed by atoms with Gasteiger partial charge in [0.15, 0.2) is 0 Å². The van der Waals surface area contributed by atoms with Crippen LogP contribution >= 0.6 is 0 Å². The molecule has 0 radical (unpaired) electrons. The average molecular weight is 525 g/mol. The van der Waals surface area contributed by atoms with Crippen molar-refractivity contribution < 1.29 is 9.59 Å². The van der Waals surface area contributed by atoms with Gasteiger partial charge in [-0.3, -0.25) is 19.6 Å². The van der Waals surface area contributed by atoms with E-state index in [1.807, 2.05) is 0 Å². The van der Waals surface area contributed by atoms with Crippen molar-refractivity contribution in [3.8, 4) is 0 Å². The van der Waals surface area contributed by atoms with Gasteiger partial charge in [0.2, 0.25) is 0 Å². The Hall–Kier alpha value is -3.68. The molecule has 4 aliphatic carbocycles. The Kier molecular flexibility index (Phi) is 6.65. The van der Waals surface area contributed by atoms with E-state index in [0.717, 1.165) is 49.9 Å². The fourth-order valence-electron chi connectivity index (χ4n) is 8.01. The van der Waals surface area contributed by atoms with Crippen LogP contribution in [0.5, 0.6) is 0 Å². The Balaban J connectivity index is 1.15. The van der Waals surface area contributed by atoms with Crippen molar-refractivity contribution in [1.82, 2.24) is 20.8 Å². The minimum Gasteiger partial charge on any atom is -0.267 e. The summed E-state index contributed by atoms with van der Waals surface area (Å²) in [7, 11) is 0. The minimum atomic E-state index is -0.206. The van der Waals surface area contributed by atoms with Gasteiger partial charge in [0.05, 0.1) is 5.71 Å². The Labute approximate surface area is 229 Å². The number of hydrogen-bond donors (Lipinski definition) is 2. The number of hydrogen-bond acceptors (Lipinski definition) is 6. The monoisotopic (exact) mass is 524 g/mol. The highest BCUT2D eigenvalue weighted by Crippen LogP contribution is 2.64. The number of rotatable bonds is 4. The van der Waals surface area contributed by atoms with Crippen molar-refractivity contribution >= 4 is 23.2 Å². The predicted molar refractivity (Wildman–Crippen MR) is 150 cm³/mol. The summed E-state index contributed by atoms with van der Waals surface area (Å²) in [5.74, 6) is 1.53. The number of carbonyl (C=O) groups excluding carboxylic acids is 2. The SMILES string of the molecule is C[C@]12CC/C(=N\NC(=O)c3ccncc3)C=C1CC[C@@H]1[C@H]2CC[C@]2(C)/C(=N/NC(=O)c3ccncc3)CC[C@@H]12. The quantitative estimate of drug-likeness (QED) is 0.528. The van der Waals surface area contributed by atoms with E-state index in [1.54, 1.807) is 49.1 Å². The van der Waals surface area contributed by atoms with Crippen LogP contribution in [0.25, 0.3) is 0 Å². The number of nitrogens with zero attached hydrogens (tertiary/aromatic N) is 4. The summed E-state index contributed by atoms with van der Waals surface area (Å²) in [5.41, 5.74) is 10.5. The number of carbonyl (C=O) groups is 2. The molecule has 5 atom stereocenters. The second kappa shape index (κ2) is 10.1. The van der Waals surface area contributed by atoms with Gasteiger partial charge in [-0.25, -0.2) is 10.9 Å². The highest BCUT2D eigenvalue weighted by atomic mass is 16.2. The molecule has 3 saturated carbocycles. The molecule has 3 fully saturated rings. The van der Waals surface area contributed by atoms with Crippen LogP contribution in [-0.4, -0.2) is 33.2 Å². The Morgan fingerprint density at radius 2 is 1.38 bits per heavy atom. The molecule has 0 unspecified atom stereocenters. The van der Waals surface area contributed by atoms with Crippen molar-refractivity contribution in [2.45, 2.75) is 65.2 Å². The van der Waals surface area contributed by atoms with Gasteiger partial charge in [0.25, 0.3) is 11.8 Å². The molecule has 0 aliphatic heterocycles. The lowest BCUT2D eigenvalue weighted by atomic mass is 9.47. The van der Waals surface area contributed by atoms with Crippen molar-refractivity contribution in [2.75, 3.05) is 0 Å². The van der Waals surface area contributed by atoms with Gasteiger partial charge in [-0.15, -0.1) is 0 Å². The fraction of sp³-hybridized carbons (Fsp3) is 0.484. The number of fused-ring (bicyclic) bond motifs is 5. The van der Waals surface area contributed by atoms with Crippen LogP contribution in [-0.2, 0) is 0 Å². The fourth-order valence-corrected chi connectivity index (χ4v) is 8.01. The summed E-state index contributed by atoms with van der Waals surface area (Å²) in [6, 6.07) is 6.81. The summed E-state index contributed by atoms with van der Waals surface area (Å²) in [5, 5.41) is 9.17. The maximum absolute atomic E-state index is 12.6. The summed E-state index contributed by atoms with van der Waals surface area (Å²) in [6.45, 7) is 4.84. The van der Waals surface area contributed by atoms with Crippen molar-refractivity contribution in [3.63, 3.8) is 0 Å². The molecule has 8 nitrogen and oxygen atoms in total. The lowest BCUT2D eigenvalue weighted by molar-refractivity contribution is -0.0155. The molecule has 202 valence electrons. The highest BCUT2D eigenvalue weighted by molar-refractivity contribution is 6.00. The molecule has 0 spiro atoms. The highest BCUT2D eigenvalue weighted by Gasteiger charge is 2.58. The molecule has 0 aromatic carbocycles. The van der Waals surface area contributed by atoms with E-state index in [9.17, 15) is 9.59 Å². The van der Waals surface area contributed by atoms with Crippen LogP contribution in [0, 0.1) is 28.6 Å². The molecule has 39 heavy (non-hydrogen) atoms. The molecule has 4 aliphatic rings. The van der Waals surface area contributed by atoms with Crippen LogP contribution in [0.4, 0.5) is 0 Å². The first-order valence-corrected chi connectivity index (χ1v) is 14.1. The number of amides is 2. The first-order valence-electron chi connectivity index (χ1n) is 14.1. The first kappa shape index (κ1) is 25.6. The third-order valence-corrected chi connectivity index (χ3v) is 10.2. The average Bonchev–Trinajstić information content (AvgIpc) is 3.31. The van der Waals surface area contributed by atoms with Crippen molar-refractivity contribution in [2.24, 2.45) is 38.8 Å². The van der Waals surface area contributed by atoms with Gasteiger partial charge in [-0.2, -0.15) is 10.2 Å². The zero-order valence-electron chi connectivity index (χ0n) is 22.7. The zero-order chi connectivity index (χ0) is 27.0. The molecule has 2 N–H and O–H groups in total. The Morgan fingerprint density at radius 3 is 2.05 bits per heavy atom. The molecular weight excluding hydrogens is 488 g/mol. The zero-order valence-corrected chi connectivity index (χ0v) is 22.7. The van der Waals surface area contributed by atoms with E-state index in [0.29, 0.717) is 28.9 Å². The molecule has 2 amide bonds. The van der Waals surface area contributed by atoms with Crippen LogP contribution in [0.3, 0.4) is 0 Å². The number of aromatic nitrogens is 2. The second-order valence-electron chi connectivity index (χ2n) is 12.0. The van der Waals surface area contributed by atoms with Crippen LogP contribution < -0.4 is 10.9 Å². The lowest BCUT2D eigenvalue weighted by Crippen LogP contribution is -2.50. The third kappa shape index (κ3) is 4.60. The molecule has 2 heterocycles. The van der Waals surface area contributed by atoms with E-state index in [1.165, 1.54) is 18.4 Å². The van der Waals surface area contributed by atoms with Gasteiger partial charge >= 0.3 is 0 Å². The van der Waals surface area contributed by atoms with Gasteiger partial charge in [-0.05, 0) is 105 Å². The first-order chi connectivity index (χ1) is 18.9. The van der Waals surface area contributed by atoms with E-state index in [-0.39, 0.29) is 22.6 Å². The van der Waals surface area contributed by atoms with Gasteiger partial charge in [-0.1, -0.05) is 19.4 Å². The van der Waals surface area contributed by atoms with Crippen molar-refractivity contribution in [3.05, 3.63) is 71.8 Å². The summed E-state index contributed by atoms with van der Waals surface area (Å²) in [6.07, 6.45) is 17.3. The topological polar surface area (TPSA) is 109 Å². The number of pyridine rings is 2. The van der Waals surface area contributed by atoms with Gasteiger partial charge in [0.1, 0.15) is 0 Å². The number of allylic oxidation sites excluding steroid dienone is 2. The molecule has 8 heteroatoms. The summed E-state index contributed by atoms with van der Waals surface area (Å²) >= 11 is 0. The third-order valence-electron chi connectivity index (χ3n) is 10.2. The maximum Gasteiger partial charge on any atom is 0.271 e. The molecule has 0 saturated heterocycles. The minimum absolute atomic E-state index is 0.0444. The van der Waals surface area contributed by atoms with E-state index >= 15 is 0 Å². The molecule has 2 aromatic rings. The largest absolute Gasteiger partial charge is 0.271 e. The van der Waals surface area contributed by atoms with Crippen molar-refractivity contribution in [1.29, 1.82) is 0 Å². The Morgan fingerprint density at radius 1 is 0.769 bits per heavy atom. The van der Waals surface area contributed by atoms with Gasteiger partial charge in [0, 0.05) is 47.0 Å². The summed E-state index contributed by atoms with van der Waals surface area (Å²) < 4.78 is 0. The maximum atomic E-state index is 12.6. The van der Waals surface area contributed by atoms with Crippen LogP contribution in [0.1, 0.15) is 85.9 Å². The smallest absolute Gasteiger partial charge is 0.267 e. The number of hydrazone groups is 2. The normalized spacial score (nSPS) is 33.5. The lowest BCUT2D eigenvalue weighted by Gasteiger charge is -2.57. The molecule has 0 bridgehead atoms. The number of nitrogens with one attached hydrogen (secondary N) is 2. The van der Waals surface area contributed by atoms with Gasteiger partial charge < -0.3 is 0 Å². The van der Waals surface area contributed by atoms with Crippen LogP contribution in [0.15, 0.2) is 70.9 Å². The van der Waals surface area contributed by atoms with E-state index < -0.39 is 0 Å². The molecule has 2 aromatic heterocycles.